The number of nitro groups is 1. The van der Waals surface area contributed by atoms with Gasteiger partial charge < -0.3 is 10.8 Å². The van der Waals surface area contributed by atoms with Crippen molar-refractivity contribution in [2.24, 2.45) is 5.73 Å². The Morgan fingerprint density at radius 1 is 1.44 bits per heavy atom. The molecule has 1 rings (SSSR count). The van der Waals surface area contributed by atoms with Gasteiger partial charge in [0.1, 0.15) is 0 Å². The van der Waals surface area contributed by atoms with Gasteiger partial charge in [-0.3, -0.25) is 10.1 Å². The van der Waals surface area contributed by atoms with Crippen LogP contribution in [0.2, 0.25) is 0 Å². The normalized spacial score (nSPS) is 13.2. The van der Waals surface area contributed by atoms with Gasteiger partial charge in [-0.1, -0.05) is 12.1 Å². The van der Waals surface area contributed by atoms with Crippen LogP contribution in [-0.4, -0.2) is 37.6 Å². The van der Waals surface area contributed by atoms with Crippen LogP contribution in [0, 0.1) is 10.1 Å². The van der Waals surface area contributed by atoms with Crippen LogP contribution in [-0.2, 0) is 10.0 Å². The van der Waals surface area contributed by atoms with Crippen LogP contribution in [0.1, 0.15) is 0 Å². The molecule has 4 N–H and O–H groups in total. The molecule has 0 bridgehead atoms. The largest absolute Gasteiger partial charge is 0.390 e. The van der Waals surface area contributed by atoms with Crippen LogP contribution < -0.4 is 10.5 Å². The summed E-state index contributed by atoms with van der Waals surface area (Å²) in [5.41, 5.74) is 4.60. The first kappa shape index (κ1) is 14.5. The lowest BCUT2D eigenvalue weighted by molar-refractivity contribution is -0.387. The van der Waals surface area contributed by atoms with E-state index in [4.69, 9.17) is 10.8 Å². The van der Waals surface area contributed by atoms with E-state index in [-0.39, 0.29) is 13.1 Å². The smallest absolute Gasteiger partial charge is 0.289 e. The molecule has 0 saturated heterocycles. The van der Waals surface area contributed by atoms with Gasteiger partial charge >= 0.3 is 0 Å². The van der Waals surface area contributed by atoms with Gasteiger partial charge in [0.2, 0.25) is 10.0 Å². The lowest BCUT2D eigenvalue weighted by Crippen LogP contribution is -2.36. The first-order chi connectivity index (χ1) is 8.38. The average Bonchev–Trinajstić information content (AvgIpc) is 2.36. The first-order valence-electron chi connectivity index (χ1n) is 4.99. The van der Waals surface area contributed by atoms with Crippen molar-refractivity contribution in [3.8, 4) is 0 Å². The van der Waals surface area contributed by atoms with E-state index >= 15 is 0 Å². The zero-order chi connectivity index (χ0) is 13.8. The highest BCUT2D eigenvalue weighted by Crippen LogP contribution is 2.22. The Morgan fingerprint density at radius 2 is 2.06 bits per heavy atom. The number of benzene rings is 1. The highest BCUT2D eigenvalue weighted by Gasteiger charge is 2.25. The van der Waals surface area contributed by atoms with Gasteiger partial charge in [-0.15, -0.1) is 0 Å². The predicted octanol–water partition coefficient (Wildman–Crippen LogP) is -0.807. The number of aliphatic hydroxyl groups is 1. The maximum atomic E-state index is 11.8. The van der Waals surface area contributed by atoms with Gasteiger partial charge in [0, 0.05) is 19.2 Å². The van der Waals surface area contributed by atoms with Crippen molar-refractivity contribution < 1.29 is 18.4 Å². The number of nitro benzene ring substituents is 1. The van der Waals surface area contributed by atoms with Crippen LogP contribution in [0.25, 0.3) is 0 Å². The van der Waals surface area contributed by atoms with Gasteiger partial charge in [-0.2, -0.15) is 0 Å². The van der Waals surface area contributed by atoms with E-state index in [9.17, 15) is 18.5 Å². The second-order valence-electron chi connectivity index (χ2n) is 3.47. The third-order valence-corrected chi connectivity index (χ3v) is 3.60. The SMILES string of the molecule is NCC(O)CNS(=O)(=O)c1ccccc1[N+](=O)[O-]. The van der Waals surface area contributed by atoms with E-state index in [0.29, 0.717) is 0 Å². The van der Waals surface area contributed by atoms with E-state index in [1.54, 1.807) is 0 Å². The van der Waals surface area contributed by atoms with Crippen molar-refractivity contribution in [3.63, 3.8) is 0 Å². The second-order valence-corrected chi connectivity index (χ2v) is 5.20. The molecule has 0 saturated carbocycles. The minimum absolute atomic E-state index is 0.112. The summed E-state index contributed by atoms with van der Waals surface area (Å²) in [6, 6.07) is 4.95. The zero-order valence-electron chi connectivity index (χ0n) is 9.31. The fraction of sp³-hybridized carbons (Fsp3) is 0.333. The molecule has 0 spiro atoms. The summed E-state index contributed by atoms with van der Waals surface area (Å²) >= 11 is 0. The van der Waals surface area contributed by atoms with Crippen LogP contribution in [0.5, 0.6) is 0 Å². The van der Waals surface area contributed by atoms with E-state index in [0.717, 1.165) is 12.1 Å². The highest BCUT2D eigenvalue weighted by molar-refractivity contribution is 7.89. The molecule has 100 valence electrons. The molecule has 9 heteroatoms. The molecule has 0 aliphatic carbocycles. The maximum Gasteiger partial charge on any atom is 0.289 e. The summed E-state index contributed by atoms with van der Waals surface area (Å²) in [5, 5.41) is 19.9. The van der Waals surface area contributed by atoms with Crippen molar-refractivity contribution in [3.05, 3.63) is 34.4 Å². The Labute approximate surface area is 104 Å². The summed E-state index contributed by atoms with van der Waals surface area (Å²) in [4.78, 5) is 9.48. The van der Waals surface area contributed by atoms with Gasteiger partial charge in [0.05, 0.1) is 11.0 Å². The fourth-order valence-electron chi connectivity index (χ4n) is 1.20. The third-order valence-electron chi connectivity index (χ3n) is 2.13. The van der Waals surface area contributed by atoms with Crippen LogP contribution in [0.3, 0.4) is 0 Å². The Bertz CT molecular complexity index is 531. The van der Waals surface area contributed by atoms with Crippen molar-refractivity contribution in [1.82, 2.24) is 4.72 Å². The first-order valence-corrected chi connectivity index (χ1v) is 6.48. The molecule has 1 atom stereocenters. The molecule has 0 radical (unpaired) electrons. The molecule has 0 heterocycles. The number of sulfonamides is 1. The molecule has 0 fully saturated rings. The van der Waals surface area contributed by atoms with E-state index in [2.05, 4.69) is 4.72 Å². The van der Waals surface area contributed by atoms with Crippen LogP contribution in [0.4, 0.5) is 5.69 Å². The Kier molecular flexibility index (Phi) is 4.73. The minimum Gasteiger partial charge on any atom is -0.390 e. The molecular weight excluding hydrogens is 262 g/mol. The lowest BCUT2D eigenvalue weighted by atomic mass is 10.3. The van der Waals surface area contributed by atoms with Crippen molar-refractivity contribution in [1.29, 1.82) is 0 Å². The molecule has 1 unspecified atom stereocenters. The topological polar surface area (TPSA) is 136 Å². The highest BCUT2D eigenvalue weighted by atomic mass is 32.2. The summed E-state index contributed by atoms with van der Waals surface area (Å²) in [7, 11) is -4.05. The van der Waals surface area contributed by atoms with Gasteiger partial charge in [0.15, 0.2) is 4.90 Å². The monoisotopic (exact) mass is 275 g/mol. The van der Waals surface area contributed by atoms with Crippen molar-refractivity contribution in [2.45, 2.75) is 11.0 Å². The van der Waals surface area contributed by atoms with Gasteiger partial charge in [-0.25, -0.2) is 13.1 Å². The van der Waals surface area contributed by atoms with Crippen LogP contribution in [0.15, 0.2) is 29.2 Å². The Balaban J connectivity index is 3.02. The van der Waals surface area contributed by atoms with E-state index in [1.807, 2.05) is 0 Å². The number of hydrogen-bond donors (Lipinski definition) is 3. The summed E-state index contributed by atoms with van der Waals surface area (Å²) < 4.78 is 25.7. The standard InChI is InChI=1S/C9H13N3O5S/c10-5-7(13)6-11-18(16,17)9-4-2-1-3-8(9)12(14)15/h1-4,7,11,13H,5-6,10H2. The Morgan fingerprint density at radius 3 is 2.61 bits per heavy atom. The lowest BCUT2D eigenvalue weighted by Gasteiger charge is -2.10. The molecule has 0 aliphatic heterocycles. The third kappa shape index (κ3) is 3.47. The number of rotatable bonds is 6. The van der Waals surface area contributed by atoms with Gasteiger partial charge in [0.25, 0.3) is 5.69 Å². The van der Waals surface area contributed by atoms with Crippen molar-refractivity contribution in [2.75, 3.05) is 13.1 Å². The second kappa shape index (κ2) is 5.87. The van der Waals surface area contributed by atoms with Gasteiger partial charge in [-0.05, 0) is 6.07 Å². The number of nitrogens with one attached hydrogen (secondary N) is 1. The molecule has 8 nitrogen and oxygen atoms in total. The minimum atomic E-state index is -4.05. The molecular formula is C9H13N3O5S. The fourth-order valence-corrected chi connectivity index (χ4v) is 2.45. The molecule has 0 aliphatic rings. The number of nitrogens with two attached hydrogens (primary N) is 1. The van der Waals surface area contributed by atoms with Crippen LogP contribution >= 0.6 is 0 Å². The summed E-state index contributed by atoms with van der Waals surface area (Å²) in [6.07, 6.45) is -1.04. The van der Waals surface area contributed by atoms with Crippen molar-refractivity contribution >= 4 is 15.7 Å². The summed E-state index contributed by atoms with van der Waals surface area (Å²) in [6.45, 7) is -0.412. The Hall–Kier alpha value is -1.55. The molecule has 1 aromatic rings. The number of nitrogens with zero attached hydrogens (tertiary/aromatic N) is 1. The molecule has 18 heavy (non-hydrogen) atoms. The number of hydrogen-bond acceptors (Lipinski definition) is 6. The zero-order valence-corrected chi connectivity index (χ0v) is 10.1. The van der Waals surface area contributed by atoms with E-state index < -0.39 is 31.6 Å². The summed E-state index contributed by atoms with van der Waals surface area (Å²) in [5.74, 6) is 0. The molecule has 0 amide bonds. The predicted molar refractivity (Wildman–Crippen MR) is 63.3 cm³/mol. The molecule has 0 aromatic heterocycles. The number of para-hydroxylation sites is 1. The average molecular weight is 275 g/mol. The van der Waals surface area contributed by atoms with E-state index in [1.165, 1.54) is 12.1 Å². The maximum absolute atomic E-state index is 11.8. The molecule has 1 aromatic carbocycles. The number of aliphatic hydroxyl groups excluding tert-OH is 1. The quantitative estimate of drug-likeness (QED) is 0.459.